The van der Waals surface area contributed by atoms with Gasteiger partial charge in [-0.15, -0.1) is 0 Å². The first-order valence-electron chi connectivity index (χ1n) is 6.04. The molecule has 0 amide bonds. The number of nitrogens with zero attached hydrogens (tertiary/aromatic N) is 4. The second kappa shape index (κ2) is 5.60. The fourth-order valence-corrected chi connectivity index (χ4v) is 1.89. The van der Waals surface area contributed by atoms with Crippen molar-refractivity contribution < 1.29 is 9.53 Å². The molecule has 2 N–H and O–H groups in total. The molecule has 7 heteroatoms. The number of aryl methyl sites for hydroxylation is 1. The second-order valence-electron chi connectivity index (χ2n) is 4.48. The first kappa shape index (κ1) is 13.9. The molecule has 0 fully saturated rings. The van der Waals surface area contributed by atoms with Gasteiger partial charge in [-0.3, -0.25) is 4.68 Å². The predicted octanol–water partition coefficient (Wildman–Crippen LogP) is 0.820. The number of methoxy groups -OCH3 is 1. The quantitative estimate of drug-likeness (QED) is 0.831. The van der Waals surface area contributed by atoms with Gasteiger partial charge in [0.25, 0.3) is 0 Å². The van der Waals surface area contributed by atoms with Gasteiger partial charge in [0.05, 0.1) is 19.0 Å². The highest BCUT2D eigenvalue weighted by Crippen LogP contribution is 2.21. The topological polar surface area (TPSA) is 86.3 Å². The monoisotopic (exact) mass is 275 g/mol. The van der Waals surface area contributed by atoms with E-state index < -0.39 is 5.97 Å². The number of ether oxygens (including phenoxy) is 1. The van der Waals surface area contributed by atoms with Crippen LogP contribution >= 0.6 is 0 Å². The molecular formula is C13H17N5O2. The van der Waals surface area contributed by atoms with E-state index in [9.17, 15) is 4.79 Å². The van der Waals surface area contributed by atoms with Crippen LogP contribution in [-0.4, -0.2) is 34.9 Å². The molecule has 106 valence electrons. The average Bonchev–Trinajstić information content (AvgIpc) is 2.83. The van der Waals surface area contributed by atoms with Gasteiger partial charge in [-0.2, -0.15) is 5.10 Å². The molecule has 2 aromatic heterocycles. The lowest BCUT2D eigenvalue weighted by Gasteiger charge is -2.19. The van der Waals surface area contributed by atoms with E-state index >= 15 is 0 Å². The maximum atomic E-state index is 11.5. The summed E-state index contributed by atoms with van der Waals surface area (Å²) in [6.45, 7) is 0.593. The van der Waals surface area contributed by atoms with Gasteiger partial charge < -0.3 is 15.4 Å². The molecule has 0 radical (unpaired) electrons. The van der Waals surface area contributed by atoms with Crippen molar-refractivity contribution >= 4 is 17.5 Å². The molecule has 7 nitrogen and oxygen atoms in total. The number of hydrogen-bond acceptors (Lipinski definition) is 6. The highest BCUT2D eigenvalue weighted by Gasteiger charge is 2.14. The highest BCUT2D eigenvalue weighted by molar-refractivity contribution is 5.88. The molecule has 0 unspecified atom stereocenters. The van der Waals surface area contributed by atoms with Crippen molar-refractivity contribution in [1.82, 2.24) is 14.8 Å². The van der Waals surface area contributed by atoms with E-state index in [-0.39, 0.29) is 5.69 Å². The molecule has 0 aromatic carbocycles. The van der Waals surface area contributed by atoms with Crippen LogP contribution in [0.3, 0.4) is 0 Å². The van der Waals surface area contributed by atoms with Crippen LogP contribution < -0.4 is 10.6 Å². The van der Waals surface area contributed by atoms with Gasteiger partial charge in [0.15, 0.2) is 11.5 Å². The summed E-state index contributed by atoms with van der Waals surface area (Å²) >= 11 is 0. The van der Waals surface area contributed by atoms with Crippen molar-refractivity contribution in [2.24, 2.45) is 7.05 Å². The maximum absolute atomic E-state index is 11.5. The van der Waals surface area contributed by atoms with Gasteiger partial charge in [-0.05, 0) is 12.1 Å². The SMILES string of the molecule is COC(=O)c1ccc(N)c(N(C)Cc2cnn(C)c2)n1. The number of hydrogen-bond donors (Lipinski definition) is 1. The van der Waals surface area contributed by atoms with Crippen molar-refractivity contribution in [1.29, 1.82) is 0 Å². The van der Waals surface area contributed by atoms with Gasteiger partial charge in [-0.1, -0.05) is 0 Å². The van der Waals surface area contributed by atoms with E-state index in [4.69, 9.17) is 5.73 Å². The summed E-state index contributed by atoms with van der Waals surface area (Å²) in [5, 5.41) is 4.11. The summed E-state index contributed by atoms with van der Waals surface area (Å²) in [5.41, 5.74) is 7.68. The molecular weight excluding hydrogens is 258 g/mol. The molecule has 0 aliphatic rings. The Morgan fingerprint density at radius 2 is 2.25 bits per heavy atom. The number of anilines is 2. The molecule has 20 heavy (non-hydrogen) atoms. The Bertz CT molecular complexity index is 623. The first-order chi connectivity index (χ1) is 9.51. The number of nitrogens with two attached hydrogens (primary N) is 1. The summed E-state index contributed by atoms with van der Waals surface area (Å²) in [4.78, 5) is 17.6. The summed E-state index contributed by atoms with van der Waals surface area (Å²) in [6.07, 6.45) is 3.69. The fraction of sp³-hybridized carbons (Fsp3) is 0.308. The summed E-state index contributed by atoms with van der Waals surface area (Å²) < 4.78 is 6.39. The lowest BCUT2D eigenvalue weighted by molar-refractivity contribution is 0.0594. The minimum absolute atomic E-state index is 0.231. The zero-order chi connectivity index (χ0) is 14.7. The predicted molar refractivity (Wildman–Crippen MR) is 75.3 cm³/mol. The Morgan fingerprint density at radius 1 is 1.50 bits per heavy atom. The van der Waals surface area contributed by atoms with Crippen LogP contribution in [0, 0.1) is 0 Å². The molecule has 2 aromatic rings. The molecule has 0 atom stereocenters. The zero-order valence-corrected chi connectivity index (χ0v) is 11.7. The Hall–Kier alpha value is -2.57. The van der Waals surface area contributed by atoms with E-state index in [1.807, 2.05) is 25.2 Å². The molecule has 0 spiro atoms. The summed E-state index contributed by atoms with van der Waals surface area (Å²) in [7, 11) is 5.03. The van der Waals surface area contributed by atoms with Crippen molar-refractivity contribution in [3.8, 4) is 0 Å². The minimum atomic E-state index is -0.485. The third kappa shape index (κ3) is 2.87. The van der Waals surface area contributed by atoms with Gasteiger partial charge in [0.1, 0.15) is 0 Å². The Labute approximate surface area is 117 Å². The van der Waals surface area contributed by atoms with Crippen molar-refractivity contribution in [3.63, 3.8) is 0 Å². The Morgan fingerprint density at radius 3 is 2.85 bits per heavy atom. The molecule has 0 saturated carbocycles. The standard InChI is InChI=1S/C13H17N5O2/c1-17(7-9-6-15-18(2)8-9)12-10(14)4-5-11(16-12)13(19)20-3/h4-6,8H,7,14H2,1-3H3. The van der Waals surface area contributed by atoms with E-state index in [2.05, 4.69) is 14.8 Å². The number of carbonyl (C=O) groups is 1. The zero-order valence-electron chi connectivity index (χ0n) is 11.7. The number of esters is 1. The number of carbonyl (C=O) groups excluding carboxylic acids is 1. The molecule has 2 rings (SSSR count). The molecule has 0 aliphatic carbocycles. The lowest BCUT2D eigenvalue weighted by Crippen LogP contribution is -2.20. The molecule has 0 aliphatic heterocycles. The maximum Gasteiger partial charge on any atom is 0.356 e. The van der Waals surface area contributed by atoms with E-state index in [1.165, 1.54) is 7.11 Å². The van der Waals surface area contributed by atoms with Gasteiger partial charge in [0.2, 0.25) is 0 Å². The van der Waals surface area contributed by atoms with Crippen molar-refractivity contribution in [3.05, 3.63) is 35.8 Å². The van der Waals surface area contributed by atoms with Crippen LogP contribution in [0.5, 0.6) is 0 Å². The molecule has 0 saturated heterocycles. The largest absolute Gasteiger partial charge is 0.464 e. The van der Waals surface area contributed by atoms with Crippen LogP contribution in [0.4, 0.5) is 11.5 Å². The van der Waals surface area contributed by atoms with E-state index in [1.54, 1.807) is 23.0 Å². The van der Waals surface area contributed by atoms with Crippen LogP contribution in [-0.2, 0) is 18.3 Å². The Balaban J connectivity index is 2.24. The third-order valence-electron chi connectivity index (χ3n) is 2.84. The number of nitrogen functional groups attached to an aromatic ring is 1. The third-order valence-corrected chi connectivity index (χ3v) is 2.84. The second-order valence-corrected chi connectivity index (χ2v) is 4.48. The Kier molecular flexibility index (Phi) is 3.88. The van der Waals surface area contributed by atoms with Crippen LogP contribution in [0.1, 0.15) is 16.1 Å². The summed E-state index contributed by atoms with van der Waals surface area (Å²) in [5.74, 6) is 0.0535. The minimum Gasteiger partial charge on any atom is -0.464 e. The lowest BCUT2D eigenvalue weighted by atomic mass is 10.3. The van der Waals surface area contributed by atoms with Gasteiger partial charge >= 0.3 is 5.97 Å². The van der Waals surface area contributed by atoms with Crippen molar-refractivity contribution in [2.75, 3.05) is 24.8 Å². The number of aromatic nitrogens is 3. The molecule has 2 heterocycles. The van der Waals surface area contributed by atoms with E-state index in [0.717, 1.165) is 5.56 Å². The number of pyridine rings is 1. The van der Waals surface area contributed by atoms with E-state index in [0.29, 0.717) is 18.1 Å². The summed E-state index contributed by atoms with van der Waals surface area (Å²) in [6, 6.07) is 3.19. The average molecular weight is 275 g/mol. The smallest absolute Gasteiger partial charge is 0.356 e. The van der Waals surface area contributed by atoms with Crippen molar-refractivity contribution in [2.45, 2.75) is 6.54 Å². The molecule has 0 bridgehead atoms. The van der Waals surface area contributed by atoms with Gasteiger partial charge in [-0.25, -0.2) is 9.78 Å². The van der Waals surface area contributed by atoms with Gasteiger partial charge in [0, 0.05) is 32.4 Å². The fourth-order valence-electron chi connectivity index (χ4n) is 1.89. The highest BCUT2D eigenvalue weighted by atomic mass is 16.5. The first-order valence-corrected chi connectivity index (χ1v) is 6.04. The van der Waals surface area contributed by atoms with Crippen LogP contribution in [0.15, 0.2) is 24.5 Å². The van der Waals surface area contributed by atoms with Crippen LogP contribution in [0.25, 0.3) is 0 Å². The number of rotatable bonds is 4. The van der Waals surface area contributed by atoms with Crippen LogP contribution in [0.2, 0.25) is 0 Å². The normalized spacial score (nSPS) is 10.3.